The van der Waals surface area contributed by atoms with Crippen LogP contribution in [-0.2, 0) is 6.42 Å². The molecule has 0 aromatic carbocycles. The van der Waals surface area contributed by atoms with Crippen LogP contribution in [0.2, 0.25) is 0 Å². The van der Waals surface area contributed by atoms with Gasteiger partial charge in [-0.3, -0.25) is 4.90 Å². The van der Waals surface area contributed by atoms with Crippen molar-refractivity contribution in [1.29, 1.82) is 0 Å². The lowest BCUT2D eigenvalue weighted by molar-refractivity contribution is 0.171. The second-order valence-electron chi connectivity index (χ2n) is 3.69. The molecule has 0 amide bonds. The van der Waals surface area contributed by atoms with Crippen LogP contribution >= 0.6 is 11.3 Å². The third-order valence-electron chi connectivity index (χ3n) is 2.49. The highest BCUT2D eigenvalue weighted by Crippen LogP contribution is 2.12. The number of rotatable bonds is 7. The Morgan fingerprint density at radius 2 is 2.47 bits per heavy atom. The molecule has 0 radical (unpaired) electrons. The molecule has 15 heavy (non-hydrogen) atoms. The maximum atomic E-state index is 8.96. The van der Waals surface area contributed by atoms with Crippen LogP contribution in [0.1, 0.15) is 12.5 Å². The standard InChI is InChI=1S/C12H19NOS/c1-3-5-13(6-7-14)11(2)9-12-4-8-15-10-12/h3-4,8,10-11,14H,1,5-7,9H2,2H3. The Bertz CT molecular complexity index is 271. The molecule has 1 aromatic heterocycles. The van der Waals surface area contributed by atoms with Gasteiger partial charge in [-0.15, -0.1) is 6.58 Å². The van der Waals surface area contributed by atoms with Crippen LogP contribution in [0, 0.1) is 0 Å². The molecule has 0 spiro atoms. The number of nitrogens with zero attached hydrogens (tertiary/aromatic N) is 1. The van der Waals surface area contributed by atoms with Gasteiger partial charge < -0.3 is 5.11 Å². The summed E-state index contributed by atoms with van der Waals surface area (Å²) < 4.78 is 0. The number of aliphatic hydroxyl groups excluding tert-OH is 1. The summed E-state index contributed by atoms with van der Waals surface area (Å²) in [5, 5.41) is 13.2. The first-order valence-electron chi connectivity index (χ1n) is 5.24. The molecule has 0 bridgehead atoms. The molecule has 2 nitrogen and oxygen atoms in total. The van der Waals surface area contributed by atoms with E-state index in [1.165, 1.54) is 5.56 Å². The highest BCUT2D eigenvalue weighted by Gasteiger charge is 2.12. The quantitative estimate of drug-likeness (QED) is 0.719. The molecule has 1 heterocycles. The van der Waals surface area contributed by atoms with Gasteiger partial charge in [0.15, 0.2) is 0 Å². The molecule has 0 fully saturated rings. The lowest BCUT2D eigenvalue weighted by Gasteiger charge is -2.26. The average molecular weight is 225 g/mol. The van der Waals surface area contributed by atoms with Crippen molar-refractivity contribution in [1.82, 2.24) is 4.90 Å². The van der Waals surface area contributed by atoms with Gasteiger partial charge in [-0.05, 0) is 35.7 Å². The van der Waals surface area contributed by atoms with Crippen LogP contribution < -0.4 is 0 Å². The van der Waals surface area contributed by atoms with Crippen LogP contribution in [0.15, 0.2) is 29.5 Å². The van der Waals surface area contributed by atoms with Gasteiger partial charge >= 0.3 is 0 Å². The molecule has 0 aliphatic carbocycles. The summed E-state index contributed by atoms with van der Waals surface area (Å²) in [5.74, 6) is 0. The van der Waals surface area contributed by atoms with Crippen LogP contribution in [0.25, 0.3) is 0 Å². The van der Waals surface area contributed by atoms with Crippen molar-refractivity contribution in [2.45, 2.75) is 19.4 Å². The topological polar surface area (TPSA) is 23.5 Å². The van der Waals surface area contributed by atoms with E-state index in [9.17, 15) is 0 Å². The smallest absolute Gasteiger partial charge is 0.0558 e. The maximum absolute atomic E-state index is 8.96. The van der Waals surface area contributed by atoms with E-state index in [4.69, 9.17) is 5.11 Å². The largest absolute Gasteiger partial charge is 0.395 e. The van der Waals surface area contributed by atoms with Gasteiger partial charge in [0.25, 0.3) is 0 Å². The van der Waals surface area contributed by atoms with Crippen molar-refractivity contribution >= 4 is 11.3 Å². The molecular weight excluding hydrogens is 206 g/mol. The van der Waals surface area contributed by atoms with Gasteiger partial charge in [0.1, 0.15) is 0 Å². The van der Waals surface area contributed by atoms with Crippen molar-refractivity contribution in [2.24, 2.45) is 0 Å². The molecule has 1 aromatic rings. The van der Waals surface area contributed by atoms with Crippen LogP contribution in [0.5, 0.6) is 0 Å². The number of aliphatic hydroxyl groups is 1. The number of hydrogen-bond acceptors (Lipinski definition) is 3. The highest BCUT2D eigenvalue weighted by molar-refractivity contribution is 7.07. The molecule has 1 rings (SSSR count). The van der Waals surface area contributed by atoms with Gasteiger partial charge in [0.05, 0.1) is 6.61 Å². The van der Waals surface area contributed by atoms with E-state index in [2.05, 4.69) is 35.2 Å². The molecule has 0 aliphatic rings. The fourth-order valence-corrected chi connectivity index (χ4v) is 2.35. The number of hydrogen-bond donors (Lipinski definition) is 1. The fraction of sp³-hybridized carbons (Fsp3) is 0.500. The second-order valence-corrected chi connectivity index (χ2v) is 4.47. The van der Waals surface area contributed by atoms with E-state index < -0.39 is 0 Å². The first-order valence-corrected chi connectivity index (χ1v) is 6.19. The maximum Gasteiger partial charge on any atom is 0.0558 e. The monoisotopic (exact) mass is 225 g/mol. The van der Waals surface area contributed by atoms with E-state index in [0.29, 0.717) is 6.04 Å². The molecule has 0 saturated carbocycles. The van der Waals surface area contributed by atoms with E-state index >= 15 is 0 Å². The molecule has 1 atom stereocenters. The summed E-state index contributed by atoms with van der Waals surface area (Å²) in [6.45, 7) is 7.70. The van der Waals surface area contributed by atoms with Crippen LogP contribution in [0.3, 0.4) is 0 Å². The van der Waals surface area contributed by atoms with E-state index in [-0.39, 0.29) is 6.61 Å². The predicted molar refractivity (Wildman–Crippen MR) is 66.3 cm³/mol. The van der Waals surface area contributed by atoms with Gasteiger partial charge in [0, 0.05) is 19.1 Å². The molecular formula is C12H19NOS. The summed E-state index contributed by atoms with van der Waals surface area (Å²) in [7, 11) is 0. The first kappa shape index (κ1) is 12.4. The molecule has 3 heteroatoms. The Balaban J connectivity index is 2.47. The second kappa shape index (κ2) is 6.77. The summed E-state index contributed by atoms with van der Waals surface area (Å²) in [6, 6.07) is 2.61. The molecule has 0 saturated heterocycles. The Kier molecular flexibility index (Phi) is 5.61. The van der Waals surface area contributed by atoms with E-state index in [0.717, 1.165) is 19.5 Å². The zero-order valence-corrected chi connectivity index (χ0v) is 10.0. The summed E-state index contributed by atoms with van der Waals surface area (Å²) in [5.41, 5.74) is 1.37. The zero-order chi connectivity index (χ0) is 11.1. The van der Waals surface area contributed by atoms with Gasteiger partial charge in [-0.2, -0.15) is 11.3 Å². The lowest BCUT2D eigenvalue weighted by Crippen LogP contribution is -2.36. The zero-order valence-electron chi connectivity index (χ0n) is 9.22. The van der Waals surface area contributed by atoms with Gasteiger partial charge in [-0.1, -0.05) is 6.08 Å². The Hall–Kier alpha value is -0.640. The number of thiophene rings is 1. The molecule has 1 unspecified atom stereocenters. The van der Waals surface area contributed by atoms with Crippen molar-refractivity contribution in [2.75, 3.05) is 19.7 Å². The van der Waals surface area contributed by atoms with Crippen molar-refractivity contribution < 1.29 is 5.11 Å². The Morgan fingerprint density at radius 3 is 3.00 bits per heavy atom. The SMILES string of the molecule is C=CCN(CCO)C(C)Cc1ccsc1. The van der Waals surface area contributed by atoms with Gasteiger partial charge in [-0.25, -0.2) is 0 Å². The van der Waals surface area contributed by atoms with E-state index in [1.54, 1.807) is 11.3 Å². The van der Waals surface area contributed by atoms with E-state index in [1.807, 2.05) is 6.08 Å². The van der Waals surface area contributed by atoms with Crippen LogP contribution in [-0.4, -0.2) is 35.7 Å². The minimum Gasteiger partial charge on any atom is -0.395 e. The van der Waals surface area contributed by atoms with Crippen molar-refractivity contribution in [3.05, 3.63) is 35.0 Å². The molecule has 84 valence electrons. The lowest BCUT2D eigenvalue weighted by atomic mass is 10.1. The molecule has 0 aliphatic heterocycles. The molecule has 1 N–H and O–H groups in total. The average Bonchev–Trinajstić information content (AvgIpc) is 2.70. The fourth-order valence-electron chi connectivity index (χ4n) is 1.66. The normalized spacial score (nSPS) is 13.0. The van der Waals surface area contributed by atoms with Gasteiger partial charge in [0.2, 0.25) is 0 Å². The predicted octanol–water partition coefficient (Wildman–Crippen LogP) is 2.16. The minimum absolute atomic E-state index is 0.210. The highest BCUT2D eigenvalue weighted by atomic mass is 32.1. The Labute approximate surface area is 95.9 Å². The first-order chi connectivity index (χ1) is 7.27. The summed E-state index contributed by atoms with van der Waals surface area (Å²) in [6.07, 6.45) is 2.93. The minimum atomic E-state index is 0.210. The van der Waals surface area contributed by atoms with Crippen LogP contribution in [0.4, 0.5) is 0 Å². The summed E-state index contributed by atoms with van der Waals surface area (Å²) >= 11 is 1.73. The van der Waals surface area contributed by atoms with Crippen molar-refractivity contribution in [3.8, 4) is 0 Å². The van der Waals surface area contributed by atoms with Crippen molar-refractivity contribution in [3.63, 3.8) is 0 Å². The Morgan fingerprint density at radius 1 is 1.67 bits per heavy atom. The third-order valence-corrected chi connectivity index (χ3v) is 3.22. The summed E-state index contributed by atoms with van der Waals surface area (Å²) in [4.78, 5) is 2.24. The third kappa shape index (κ3) is 4.16.